The van der Waals surface area contributed by atoms with E-state index in [1.54, 1.807) is 53.3 Å². The van der Waals surface area contributed by atoms with Gasteiger partial charge in [-0.3, -0.25) is 9.59 Å². The van der Waals surface area contributed by atoms with Gasteiger partial charge in [0, 0.05) is 16.8 Å². The van der Waals surface area contributed by atoms with Crippen LogP contribution in [0.1, 0.15) is 26.3 Å². The summed E-state index contributed by atoms with van der Waals surface area (Å²) < 4.78 is 1.55. The number of imide groups is 1. The van der Waals surface area contributed by atoms with E-state index in [9.17, 15) is 9.59 Å². The topological polar surface area (TPSA) is 42.3 Å². The lowest BCUT2D eigenvalue weighted by Crippen LogP contribution is -2.39. The number of rotatable bonds is 2. The zero-order valence-corrected chi connectivity index (χ0v) is 14.7. The molecule has 1 aromatic heterocycles. The minimum absolute atomic E-state index is 0.359. The van der Waals surface area contributed by atoms with E-state index < -0.39 is 0 Å². The lowest BCUT2D eigenvalue weighted by molar-refractivity contribution is 0.0887. The number of carbonyl (C=O) groups is 2. The molecule has 0 spiro atoms. The van der Waals surface area contributed by atoms with E-state index in [0.29, 0.717) is 32.4 Å². The van der Waals surface area contributed by atoms with Gasteiger partial charge in [0.25, 0.3) is 11.8 Å². The molecule has 3 aromatic rings. The molecule has 6 heteroatoms. The Hall–Kier alpha value is -2.56. The summed E-state index contributed by atoms with van der Waals surface area (Å²) in [5.41, 5.74) is 3.06. The van der Waals surface area contributed by atoms with Crippen LogP contribution in [0.15, 0.2) is 54.7 Å². The number of benzene rings is 2. The van der Waals surface area contributed by atoms with Crippen LogP contribution in [-0.4, -0.2) is 16.5 Å². The summed E-state index contributed by atoms with van der Waals surface area (Å²) in [6.07, 6.45) is 1.69. The summed E-state index contributed by atoms with van der Waals surface area (Å²) in [4.78, 5) is 25.5. The highest BCUT2D eigenvalue weighted by atomic mass is 35.5. The van der Waals surface area contributed by atoms with Crippen LogP contribution in [0.25, 0.3) is 11.3 Å². The smallest absolute Gasteiger partial charge is 0.267 e. The van der Waals surface area contributed by atoms with Gasteiger partial charge < -0.3 is 0 Å². The van der Waals surface area contributed by atoms with Gasteiger partial charge in [-0.25, -0.2) is 4.68 Å². The van der Waals surface area contributed by atoms with Crippen molar-refractivity contribution in [3.8, 4) is 11.3 Å². The van der Waals surface area contributed by atoms with Gasteiger partial charge in [-0.15, -0.1) is 0 Å². The van der Waals surface area contributed by atoms with Crippen LogP contribution in [-0.2, 0) is 0 Å². The average molecular weight is 371 g/mol. The molecule has 2 aromatic carbocycles. The Kier molecular flexibility index (Phi) is 3.67. The highest BCUT2D eigenvalue weighted by Crippen LogP contribution is 2.34. The highest BCUT2D eigenvalue weighted by Gasteiger charge is 2.37. The van der Waals surface area contributed by atoms with Crippen LogP contribution < -0.4 is 5.01 Å². The Morgan fingerprint density at radius 1 is 0.840 bits per heavy atom. The lowest BCUT2D eigenvalue weighted by atomic mass is 10.1. The average Bonchev–Trinajstić information content (AvgIpc) is 3.07. The molecule has 0 aliphatic carbocycles. The summed E-state index contributed by atoms with van der Waals surface area (Å²) in [5.74, 6) is -0.718. The Morgan fingerprint density at radius 2 is 1.48 bits per heavy atom. The maximum absolute atomic E-state index is 12.8. The number of aryl methyl sites for hydroxylation is 1. The largest absolute Gasteiger partial charge is 0.281 e. The van der Waals surface area contributed by atoms with Crippen molar-refractivity contribution < 1.29 is 9.59 Å². The number of fused-ring (bicyclic) bond motifs is 1. The zero-order chi connectivity index (χ0) is 17.7. The van der Waals surface area contributed by atoms with Crippen molar-refractivity contribution in [2.24, 2.45) is 0 Å². The van der Waals surface area contributed by atoms with E-state index in [-0.39, 0.29) is 11.8 Å². The molecule has 0 unspecified atom stereocenters. The van der Waals surface area contributed by atoms with Gasteiger partial charge in [0.2, 0.25) is 0 Å². The maximum Gasteiger partial charge on any atom is 0.281 e. The predicted molar refractivity (Wildman–Crippen MR) is 97.9 cm³/mol. The monoisotopic (exact) mass is 370 g/mol. The summed E-state index contributed by atoms with van der Waals surface area (Å²) in [5, 5.41) is 2.11. The normalized spacial score (nSPS) is 13.5. The molecule has 4 rings (SSSR count). The fourth-order valence-electron chi connectivity index (χ4n) is 3.07. The molecule has 0 radical (unpaired) electrons. The van der Waals surface area contributed by atoms with Crippen molar-refractivity contribution in [1.82, 2.24) is 4.68 Å². The van der Waals surface area contributed by atoms with Gasteiger partial charge in [0.15, 0.2) is 0 Å². The van der Waals surface area contributed by atoms with E-state index in [1.165, 1.54) is 0 Å². The molecule has 1 aliphatic heterocycles. The molecule has 1 aliphatic rings. The standard InChI is InChI=1S/C19H12Cl2N2O2/c1-11-8-9-22(17(11)15-7-6-12(20)10-16(15)21)23-18(24)13-4-2-3-5-14(13)19(23)25/h2-10H,1H3. The maximum atomic E-state index is 12.8. The highest BCUT2D eigenvalue weighted by molar-refractivity contribution is 6.36. The second-order valence-electron chi connectivity index (χ2n) is 5.78. The van der Waals surface area contributed by atoms with Crippen LogP contribution in [0.3, 0.4) is 0 Å². The van der Waals surface area contributed by atoms with Crippen molar-refractivity contribution in [3.63, 3.8) is 0 Å². The van der Waals surface area contributed by atoms with Gasteiger partial charge in [-0.05, 0) is 48.9 Å². The molecule has 0 atom stereocenters. The minimum atomic E-state index is -0.359. The van der Waals surface area contributed by atoms with Crippen molar-refractivity contribution in [3.05, 3.63) is 81.5 Å². The Balaban J connectivity index is 1.89. The molecule has 0 saturated heterocycles. The predicted octanol–water partition coefficient (Wildman–Crippen LogP) is 4.70. The SMILES string of the molecule is Cc1ccn(N2C(=O)c3ccccc3C2=O)c1-c1ccc(Cl)cc1Cl. The van der Waals surface area contributed by atoms with Gasteiger partial charge in [0.1, 0.15) is 0 Å². The third kappa shape index (κ3) is 2.37. The van der Waals surface area contributed by atoms with Crippen LogP contribution in [0.4, 0.5) is 0 Å². The number of amides is 2. The first-order chi connectivity index (χ1) is 12.0. The fraction of sp³-hybridized carbons (Fsp3) is 0.0526. The molecular formula is C19H12Cl2N2O2. The van der Waals surface area contributed by atoms with E-state index in [1.807, 2.05) is 13.0 Å². The third-order valence-electron chi connectivity index (χ3n) is 4.24. The van der Waals surface area contributed by atoms with Crippen LogP contribution in [0, 0.1) is 6.92 Å². The quantitative estimate of drug-likeness (QED) is 0.613. The molecule has 2 amide bonds. The molecule has 0 bridgehead atoms. The molecular weight excluding hydrogens is 359 g/mol. The van der Waals surface area contributed by atoms with Crippen LogP contribution in [0.2, 0.25) is 10.0 Å². The molecule has 25 heavy (non-hydrogen) atoms. The first-order valence-corrected chi connectivity index (χ1v) is 8.36. The fourth-order valence-corrected chi connectivity index (χ4v) is 3.57. The van der Waals surface area contributed by atoms with Crippen molar-refractivity contribution >= 4 is 35.0 Å². The number of aromatic nitrogens is 1. The van der Waals surface area contributed by atoms with E-state index >= 15 is 0 Å². The van der Waals surface area contributed by atoms with E-state index in [4.69, 9.17) is 23.2 Å². The Morgan fingerprint density at radius 3 is 2.08 bits per heavy atom. The molecule has 0 N–H and O–H groups in total. The van der Waals surface area contributed by atoms with Gasteiger partial charge in [0.05, 0.1) is 21.8 Å². The third-order valence-corrected chi connectivity index (χ3v) is 4.79. The van der Waals surface area contributed by atoms with Gasteiger partial charge in [-0.1, -0.05) is 35.3 Å². The summed E-state index contributed by atoms with van der Waals surface area (Å²) >= 11 is 12.3. The summed E-state index contributed by atoms with van der Waals surface area (Å²) in [6.45, 7) is 1.90. The van der Waals surface area contributed by atoms with Gasteiger partial charge >= 0.3 is 0 Å². The molecule has 0 fully saturated rings. The molecule has 2 heterocycles. The van der Waals surface area contributed by atoms with Crippen molar-refractivity contribution in [2.75, 3.05) is 5.01 Å². The van der Waals surface area contributed by atoms with Crippen LogP contribution >= 0.6 is 23.2 Å². The summed E-state index contributed by atoms with van der Waals surface area (Å²) in [6, 6.07) is 13.8. The van der Waals surface area contributed by atoms with E-state index in [0.717, 1.165) is 10.6 Å². The number of hydrogen-bond donors (Lipinski definition) is 0. The zero-order valence-electron chi connectivity index (χ0n) is 13.2. The number of carbonyl (C=O) groups excluding carboxylic acids is 2. The molecule has 124 valence electrons. The number of nitrogens with zero attached hydrogens (tertiary/aromatic N) is 2. The second kappa shape index (κ2) is 5.76. The summed E-state index contributed by atoms with van der Waals surface area (Å²) in [7, 11) is 0. The van der Waals surface area contributed by atoms with Gasteiger partial charge in [-0.2, -0.15) is 5.01 Å². The van der Waals surface area contributed by atoms with Crippen molar-refractivity contribution in [2.45, 2.75) is 6.92 Å². The minimum Gasteiger partial charge on any atom is -0.267 e. The van der Waals surface area contributed by atoms with Crippen LogP contribution in [0.5, 0.6) is 0 Å². The number of halogens is 2. The Labute approximate surface area is 154 Å². The first-order valence-electron chi connectivity index (χ1n) is 7.60. The lowest BCUT2D eigenvalue weighted by Gasteiger charge is -2.20. The molecule has 4 nitrogen and oxygen atoms in total. The Bertz CT molecular complexity index is 1000. The molecule has 0 saturated carbocycles. The first kappa shape index (κ1) is 15.9. The van der Waals surface area contributed by atoms with Crippen molar-refractivity contribution in [1.29, 1.82) is 0 Å². The van der Waals surface area contributed by atoms with E-state index in [2.05, 4.69) is 0 Å². The number of hydrogen-bond acceptors (Lipinski definition) is 2. The second-order valence-corrected chi connectivity index (χ2v) is 6.63.